The minimum Gasteiger partial charge on any atom is -0.469 e. The third-order valence-corrected chi connectivity index (χ3v) is 2.44. The quantitative estimate of drug-likeness (QED) is 0.705. The van der Waals surface area contributed by atoms with Gasteiger partial charge in [0.2, 0.25) is 0 Å². The van der Waals surface area contributed by atoms with Crippen LogP contribution in [0.15, 0.2) is 6.20 Å². The number of hydrogen-bond donors (Lipinski definition) is 2. The van der Waals surface area contributed by atoms with Gasteiger partial charge in [-0.05, 0) is 11.1 Å². The normalized spacial score (nSPS) is 10.1. The molecule has 0 saturated carbocycles. The number of carbonyl (C=O) groups is 2. The Bertz CT molecular complexity index is 410. The largest absolute Gasteiger partial charge is 0.469 e. The van der Waals surface area contributed by atoms with E-state index in [2.05, 4.69) is 14.5 Å². The van der Waals surface area contributed by atoms with E-state index in [9.17, 15) is 9.59 Å². The van der Waals surface area contributed by atoms with Crippen molar-refractivity contribution in [3.8, 4) is 0 Å². The summed E-state index contributed by atoms with van der Waals surface area (Å²) in [4.78, 5) is 25.2. The molecule has 0 atom stereocenters. The van der Waals surface area contributed by atoms with Gasteiger partial charge in [0.15, 0.2) is 0 Å². The highest BCUT2D eigenvalue weighted by Gasteiger charge is 2.17. The van der Waals surface area contributed by atoms with Gasteiger partial charge >= 0.3 is 11.9 Å². The molecule has 0 aliphatic heterocycles. The SMILES string of the molecule is COC(=O)Cc1c[nH]c(CO)c1CC(=O)OC. The lowest BCUT2D eigenvalue weighted by molar-refractivity contribution is -0.141. The molecule has 6 heteroatoms. The van der Waals surface area contributed by atoms with Crippen LogP contribution in [0.25, 0.3) is 0 Å². The molecule has 0 bridgehead atoms. The standard InChI is InChI=1S/C11H15NO5/c1-16-10(14)3-7-5-12-9(6-13)8(7)4-11(15)17-2/h5,12-13H,3-4,6H2,1-2H3. The zero-order valence-electron chi connectivity index (χ0n) is 9.78. The molecule has 6 nitrogen and oxygen atoms in total. The van der Waals surface area contributed by atoms with Gasteiger partial charge in [0, 0.05) is 11.9 Å². The van der Waals surface area contributed by atoms with E-state index < -0.39 is 11.9 Å². The molecule has 94 valence electrons. The highest BCUT2D eigenvalue weighted by molar-refractivity contribution is 5.76. The Morgan fingerprint density at radius 1 is 1.24 bits per heavy atom. The molecule has 0 aliphatic rings. The number of H-pyrrole nitrogens is 1. The van der Waals surface area contributed by atoms with E-state index in [0.29, 0.717) is 16.8 Å². The summed E-state index contributed by atoms with van der Waals surface area (Å²) in [6, 6.07) is 0. The van der Waals surface area contributed by atoms with E-state index in [-0.39, 0.29) is 19.4 Å². The number of methoxy groups -OCH3 is 2. The van der Waals surface area contributed by atoms with Crippen molar-refractivity contribution in [3.05, 3.63) is 23.0 Å². The van der Waals surface area contributed by atoms with Gasteiger partial charge in [-0.25, -0.2) is 0 Å². The average molecular weight is 241 g/mol. The van der Waals surface area contributed by atoms with Crippen molar-refractivity contribution in [2.24, 2.45) is 0 Å². The van der Waals surface area contributed by atoms with E-state index in [4.69, 9.17) is 5.11 Å². The smallest absolute Gasteiger partial charge is 0.310 e. The predicted molar refractivity (Wildman–Crippen MR) is 58.2 cm³/mol. The number of aliphatic hydroxyl groups excluding tert-OH is 1. The fourth-order valence-corrected chi connectivity index (χ4v) is 1.51. The zero-order valence-corrected chi connectivity index (χ0v) is 9.78. The zero-order chi connectivity index (χ0) is 12.8. The average Bonchev–Trinajstić information content (AvgIpc) is 2.71. The summed E-state index contributed by atoms with van der Waals surface area (Å²) >= 11 is 0. The molecule has 0 aromatic carbocycles. The number of nitrogens with one attached hydrogen (secondary N) is 1. The van der Waals surface area contributed by atoms with Crippen LogP contribution in [0.2, 0.25) is 0 Å². The molecule has 0 spiro atoms. The fraction of sp³-hybridized carbons (Fsp3) is 0.455. The Kier molecular flexibility index (Phi) is 4.71. The number of aliphatic hydroxyl groups is 1. The predicted octanol–water partition coefficient (Wildman–Crippen LogP) is -0.0620. The summed E-state index contributed by atoms with van der Waals surface area (Å²) in [7, 11) is 2.58. The maximum atomic E-state index is 11.2. The van der Waals surface area contributed by atoms with Crippen LogP contribution in [-0.2, 0) is 38.5 Å². The van der Waals surface area contributed by atoms with Gasteiger partial charge in [-0.3, -0.25) is 9.59 Å². The fourth-order valence-electron chi connectivity index (χ4n) is 1.51. The molecular weight excluding hydrogens is 226 g/mol. The number of rotatable bonds is 5. The van der Waals surface area contributed by atoms with Crippen LogP contribution in [0.5, 0.6) is 0 Å². The van der Waals surface area contributed by atoms with E-state index >= 15 is 0 Å². The lowest BCUT2D eigenvalue weighted by atomic mass is 10.1. The molecule has 1 aromatic heterocycles. The highest BCUT2D eigenvalue weighted by Crippen LogP contribution is 2.17. The van der Waals surface area contributed by atoms with E-state index in [1.54, 1.807) is 6.20 Å². The van der Waals surface area contributed by atoms with E-state index in [0.717, 1.165) is 0 Å². The first-order chi connectivity index (χ1) is 8.12. The van der Waals surface area contributed by atoms with Gasteiger partial charge in [0.25, 0.3) is 0 Å². The molecule has 17 heavy (non-hydrogen) atoms. The van der Waals surface area contributed by atoms with Gasteiger partial charge in [-0.2, -0.15) is 0 Å². The Labute approximate surface area is 98.5 Å². The third kappa shape index (κ3) is 3.32. The molecule has 0 amide bonds. The summed E-state index contributed by atoms with van der Waals surface area (Å²) in [5, 5.41) is 9.11. The molecule has 0 fully saturated rings. The van der Waals surface area contributed by atoms with E-state index in [1.807, 2.05) is 0 Å². The molecule has 1 rings (SSSR count). The number of aromatic amines is 1. The molecule has 2 N–H and O–H groups in total. The van der Waals surface area contributed by atoms with Crippen molar-refractivity contribution in [1.29, 1.82) is 0 Å². The number of esters is 2. The summed E-state index contributed by atoms with van der Waals surface area (Å²) in [5.74, 6) is -0.829. The van der Waals surface area contributed by atoms with Crippen LogP contribution >= 0.6 is 0 Å². The molecule has 0 aliphatic carbocycles. The van der Waals surface area contributed by atoms with Crippen molar-refractivity contribution in [2.45, 2.75) is 19.4 Å². The van der Waals surface area contributed by atoms with Crippen molar-refractivity contribution < 1.29 is 24.2 Å². The Morgan fingerprint density at radius 2 is 1.82 bits per heavy atom. The van der Waals surface area contributed by atoms with Crippen molar-refractivity contribution in [1.82, 2.24) is 4.98 Å². The second-order valence-corrected chi connectivity index (χ2v) is 3.43. The molecule has 1 aromatic rings. The van der Waals surface area contributed by atoms with Crippen molar-refractivity contribution in [2.75, 3.05) is 14.2 Å². The molecule has 0 radical (unpaired) electrons. The van der Waals surface area contributed by atoms with Crippen LogP contribution < -0.4 is 0 Å². The molecule has 0 saturated heterocycles. The highest BCUT2D eigenvalue weighted by atomic mass is 16.5. The Hall–Kier alpha value is -1.82. The van der Waals surface area contributed by atoms with Crippen molar-refractivity contribution >= 4 is 11.9 Å². The second-order valence-electron chi connectivity index (χ2n) is 3.43. The summed E-state index contributed by atoms with van der Waals surface area (Å²) < 4.78 is 9.11. The second kappa shape index (κ2) is 6.05. The minimum absolute atomic E-state index is 0.0161. The number of ether oxygens (including phenoxy) is 2. The maximum Gasteiger partial charge on any atom is 0.310 e. The lowest BCUT2D eigenvalue weighted by Gasteiger charge is -2.04. The summed E-state index contributed by atoms with van der Waals surface area (Å²) in [6.07, 6.45) is 1.66. The van der Waals surface area contributed by atoms with Gasteiger partial charge in [0.05, 0.1) is 33.7 Å². The first kappa shape index (κ1) is 13.2. The molecule has 0 unspecified atom stereocenters. The van der Waals surface area contributed by atoms with Crippen LogP contribution in [0.1, 0.15) is 16.8 Å². The number of carbonyl (C=O) groups excluding carboxylic acids is 2. The summed E-state index contributed by atoms with van der Waals surface area (Å²) in [5.41, 5.74) is 1.73. The summed E-state index contributed by atoms with van der Waals surface area (Å²) in [6.45, 7) is -0.229. The monoisotopic (exact) mass is 241 g/mol. The van der Waals surface area contributed by atoms with Gasteiger partial charge in [-0.1, -0.05) is 0 Å². The number of aromatic nitrogens is 1. The van der Waals surface area contributed by atoms with Gasteiger partial charge in [-0.15, -0.1) is 0 Å². The van der Waals surface area contributed by atoms with Crippen LogP contribution in [0.4, 0.5) is 0 Å². The Morgan fingerprint density at radius 3 is 2.35 bits per heavy atom. The topological polar surface area (TPSA) is 88.6 Å². The van der Waals surface area contributed by atoms with Gasteiger partial charge in [0.1, 0.15) is 0 Å². The first-order valence-electron chi connectivity index (χ1n) is 5.04. The van der Waals surface area contributed by atoms with Crippen LogP contribution in [0, 0.1) is 0 Å². The minimum atomic E-state index is -0.426. The lowest BCUT2D eigenvalue weighted by Crippen LogP contribution is -2.10. The molecular formula is C11H15NO5. The Balaban J connectivity index is 2.93. The van der Waals surface area contributed by atoms with Crippen LogP contribution in [0.3, 0.4) is 0 Å². The van der Waals surface area contributed by atoms with Crippen LogP contribution in [-0.4, -0.2) is 36.2 Å². The maximum absolute atomic E-state index is 11.2. The van der Waals surface area contributed by atoms with Gasteiger partial charge < -0.3 is 19.6 Å². The van der Waals surface area contributed by atoms with Crippen molar-refractivity contribution in [3.63, 3.8) is 0 Å². The third-order valence-electron chi connectivity index (χ3n) is 2.44. The van der Waals surface area contributed by atoms with E-state index in [1.165, 1.54) is 14.2 Å². The molecule has 1 heterocycles. The first-order valence-corrected chi connectivity index (χ1v) is 5.04. The number of hydrogen-bond acceptors (Lipinski definition) is 5.